The minimum Gasteiger partial charge on any atom is -0.491 e. The van der Waals surface area contributed by atoms with E-state index in [9.17, 15) is 4.39 Å². The highest BCUT2D eigenvalue weighted by Crippen LogP contribution is 2.12. The average Bonchev–Trinajstić information content (AvgIpc) is 2.63. The molecule has 2 N–H and O–H groups in total. The van der Waals surface area contributed by atoms with Crippen LogP contribution in [0.3, 0.4) is 0 Å². The van der Waals surface area contributed by atoms with Crippen LogP contribution in [-0.2, 0) is 17.8 Å². The molecule has 134 valence electrons. The number of nitrogens with one attached hydrogen (secondary N) is 2. The van der Waals surface area contributed by atoms with Crippen molar-refractivity contribution < 1.29 is 13.9 Å². The Kier molecular flexibility index (Phi) is 7.72. The number of halogens is 1. The summed E-state index contributed by atoms with van der Waals surface area (Å²) in [5.74, 6) is 1.23. The molecule has 0 aliphatic rings. The van der Waals surface area contributed by atoms with Gasteiger partial charge in [0.05, 0.1) is 6.61 Å². The molecule has 0 fully saturated rings. The van der Waals surface area contributed by atoms with Gasteiger partial charge in [-0.3, -0.25) is 4.99 Å². The molecule has 0 aromatic heterocycles. The molecular formula is C19H24FN3O2. The molecule has 2 aromatic rings. The van der Waals surface area contributed by atoms with Gasteiger partial charge >= 0.3 is 0 Å². The van der Waals surface area contributed by atoms with E-state index in [1.807, 2.05) is 30.3 Å². The zero-order valence-electron chi connectivity index (χ0n) is 14.6. The topological polar surface area (TPSA) is 54.9 Å². The summed E-state index contributed by atoms with van der Waals surface area (Å²) < 4.78 is 23.7. The van der Waals surface area contributed by atoms with Gasteiger partial charge in [0.25, 0.3) is 0 Å². The first kappa shape index (κ1) is 18.7. The van der Waals surface area contributed by atoms with E-state index < -0.39 is 0 Å². The second kappa shape index (κ2) is 10.3. The molecule has 0 amide bonds. The van der Waals surface area contributed by atoms with E-state index in [2.05, 4.69) is 15.6 Å². The largest absolute Gasteiger partial charge is 0.491 e. The molecule has 0 atom stereocenters. The van der Waals surface area contributed by atoms with Crippen LogP contribution in [0.5, 0.6) is 5.75 Å². The lowest BCUT2D eigenvalue weighted by atomic mass is 10.2. The Morgan fingerprint density at radius 2 is 1.72 bits per heavy atom. The van der Waals surface area contributed by atoms with Crippen molar-refractivity contribution in [1.82, 2.24) is 10.6 Å². The maximum absolute atomic E-state index is 13.2. The summed E-state index contributed by atoms with van der Waals surface area (Å²) in [6.07, 6.45) is 0. The van der Waals surface area contributed by atoms with Crippen LogP contribution in [0, 0.1) is 5.82 Å². The van der Waals surface area contributed by atoms with Gasteiger partial charge in [0.2, 0.25) is 0 Å². The highest BCUT2D eigenvalue weighted by atomic mass is 19.1. The van der Waals surface area contributed by atoms with E-state index in [4.69, 9.17) is 9.47 Å². The Hall–Kier alpha value is -2.60. The number of guanidine groups is 1. The predicted octanol–water partition coefficient (Wildman–Crippen LogP) is 2.72. The normalized spacial score (nSPS) is 11.2. The van der Waals surface area contributed by atoms with Gasteiger partial charge in [-0.2, -0.15) is 0 Å². The smallest absolute Gasteiger partial charge is 0.191 e. The summed E-state index contributed by atoms with van der Waals surface area (Å²) in [5, 5.41) is 6.39. The second-order valence-corrected chi connectivity index (χ2v) is 5.39. The van der Waals surface area contributed by atoms with Crippen LogP contribution in [-0.4, -0.2) is 33.3 Å². The first-order chi connectivity index (χ1) is 12.2. The van der Waals surface area contributed by atoms with Gasteiger partial charge in [-0.15, -0.1) is 0 Å². The van der Waals surface area contributed by atoms with Crippen LogP contribution >= 0.6 is 0 Å². The number of methoxy groups -OCH3 is 1. The standard InChI is InChI=1S/C19H24FN3O2/c1-21-19(23-14-16-4-3-5-17(20)12-16)22-13-15-6-8-18(9-7-15)25-11-10-24-2/h3-9,12H,10-11,13-14H2,1-2H3,(H2,21,22,23). The monoisotopic (exact) mass is 345 g/mol. The third kappa shape index (κ3) is 6.81. The van der Waals surface area contributed by atoms with Crippen LogP contribution in [0.4, 0.5) is 4.39 Å². The van der Waals surface area contributed by atoms with E-state index in [-0.39, 0.29) is 5.82 Å². The SMILES string of the molecule is CN=C(NCc1ccc(OCCOC)cc1)NCc1cccc(F)c1. The zero-order chi connectivity index (χ0) is 17.9. The van der Waals surface area contributed by atoms with Crippen molar-refractivity contribution in [2.75, 3.05) is 27.4 Å². The fourth-order valence-corrected chi connectivity index (χ4v) is 2.19. The van der Waals surface area contributed by atoms with Crippen molar-refractivity contribution in [1.29, 1.82) is 0 Å². The Balaban J connectivity index is 1.78. The molecule has 2 aromatic carbocycles. The summed E-state index contributed by atoms with van der Waals surface area (Å²) in [7, 11) is 3.35. The Bertz CT molecular complexity index is 675. The highest BCUT2D eigenvalue weighted by molar-refractivity contribution is 5.79. The van der Waals surface area contributed by atoms with Crippen LogP contribution < -0.4 is 15.4 Å². The van der Waals surface area contributed by atoms with E-state index in [0.717, 1.165) is 16.9 Å². The lowest BCUT2D eigenvalue weighted by molar-refractivity contribution is 0.146. The average molecular weight is 345 g/mol. The molecule has 25 heavy (non-hydrogen) atoms. The molecule has 0 aliphatic carbocycles. The van der Waals surface area contributed by atoms with Crippen molar-refractivity contribution in [3.8, 4) is 5.75 Å². The van der Waals surface area contributed by atoms with E-state index in [1.54, 1.807) is 20.2 Å². The number of nitrogens with zero attached hydrogens (tertiary/aromatic N) is 1. The number of hydrogen-bond acceptors (Lipinski definition) is 3. The van der Waals surface area contributed by atoms with Crippen molar-refractivity contribution >= 4 is 5.96 Å². The number of aliphatic imine (C=N–C) groups is 1. The minimum absolute atomic E-state index is 0.241. The second-order valence-electron chi connectivity index (χ2n) is 5.39. The molecule has 0 bridgehead atoms. The third-order valence-corrected chi connectivity index (χ3v) is 3.51. The maximum atomic E-state index is 13.2. The summed E-state index contributed by atoms with van der Waals surface area (Å²) in [5.41, 5.74) is 1.97. The van der Waals surface area contributed by atoms with Crippen LogP contribution in [0.1, 0.15) is 11.1 Å². The van der Waals surface area contributed by atoms with Crippen molar-refractivity contribution in [2.24, 2.45) is 4.99 Å². The first-order valence-electron chi connectivity index (χ1n) is 8.11. The summed E-state index contributed by atoms with van der Waals surface area (Å²) >= 11 is 0. The molecule has 0 spiro atoms. The quantitative estimate of drug-likeness (QED) is 0.439. The molecule has 0 saturated carbocycles. The Morgan fingerprint density at radius 3 is 2.36 bits per heavy atom. The third-order valence-electron chi connectivity index (χ3n) is 3.51. The molecule has 6 heteroatoms. The van der Waals surface area contributed by atoms with E-state index in [0.29, 0.717) is 32.3 Å². The highest BCUT2D eigenvalue weighted by Gasteiger charge is 2.01. The van der Waals surface area contributed by atoms with Gasteiger partial charge in [0.1, 0.15) is 18.2 Å². The lowest BCUT2D eigenvalue weighted by Crippen LogP contribution is -2.36. The Labute approximate surface area is 147 Å². The minimum atomic E-state index is -0.241. The predicted molar refractivity (Wildman–Crippen MR) is 97.3 cm³/mol. The van der Waals surface area contributed by atoms with E-state index >= 15 is 0 Å². The van der Waals surface area contributed by atoms with Crippen molar-refractivity contribution in [2.45, 2.75) is 13.1 Å². The zero-order valence-corrected chi connectivity index (χ0v) is 14.6. The molecular weight excluding hydrogens is 321 g/mol. The van der Waals surface area contributed by atoms with Crippen molar-refractivity contribution in [3.05, 3.63) is 65.5 Å². The van der Waals surface area contributed by atoms with Gasteiger partial charge in [-0.05, 0) is 35.4 Å². The van der Waals surface area contributed by atoms with Gasteiger partial charge < -0.3 is 20.1 Å². The molecule has 0 aliphatic heterocycles. The van der Waals surface area contributed by atoms with Gasteiger partial charge in [-0.1, -0.05) is 24.3 Å². The maximum Gasteiger partial charge on any atom is 0.191 e. The lowest BCUT2D eigenvalue weighted by Gasteiger charge is -2.12. The molecule has 0 unspecified atom stereocenters. The van der Waals surface area contributed by atoms with Crippen LogP contribution in [0.15, 0.2) is 53.5 Å². The van der Waals surface area contributed by atoms with Crippen LogP contribution in [0.25, 0.3) is 0 Å². The molecule has 0 radical (unpaired) electrons. The summed E-state index contributed by atoms with van der Waals surface area (Å²) in [6.45, 7) is 2.23. The van der Waals surface area contributed by atoms with Crippen LogP contribution in [0.2, 0.25) is 0 Å². The van der Waals surface area contributed by atoms with Gasteiger partial charge in [0, 0.05) is 27.2 Å². The van der Waals surface area contributed by atoms with Gasteiger partial charge in [-0.25, -0.2) is 4.39 Å². The summed E-state index contributed by atoms with van der Waals surface area (Å²) in [6, 6.07) is 14.3. The molecule has 0 heterocycles. The number of benzene rings is 2. The van der Waals surface area contributed by atoms with Crippen molar-refractivity contribution in [3.63, 3.8) is 0 Å². The fraction of sp³-hybridized carbons (Fsp3) is 0.316. The Morgan fingerprint density at radius 1 is 1.00 bits per heavy atom. The molecule has 0 saturated heterocycles. The number of ether oxygens (including phenoxy) is 2. The fourth-order valence-electron chi connectivity index (χ4n) is 2.19. The molecule has 5 nitrogen and oxygen atoms in total. The van der Waals surface area contributed by atoms with Gasteiger partial charge in [0.15, 0.2) is 5.96 Å². The number of hydrogen-bond donors (Lipinski definition) is 2. The first-order valence-corrected chi connectivity index (χ1v) is 8.11. The summed E-state index contributed by atoms with van der Waals surface area (Å²) in [4.78, 5) is 4.17. The number of rotatable bonds is 8. The van der Waals surface area contributed by atoms with E-state index in [1.165, 1.54) is 12.1 Å². The molecule has 2 rings (SSSR count).